The Morgan fingerprint density at radius 3 is 2.90 bits per heavy atom. The number of methoxy groups -OCH3 is 1. The van der Waals surface area contributed by atoms with Crippen molar-refractivity contribution in [1.29, 1.82) is 0 Å². The van der Waals surface area contributed by atoms with Gasteiger partial charge in [-0.1, -0.05) is 18.6 Å². The van der Waals surface area contributed by atoms with Crippen molar-refractivity contribution < 1.29 is 14.6 Å². The molecular formula is C25H31N3O3. The summed E-state index contributed by atoms with van der Waals surface area (Å²) in [7, 11) is 1.72. The van der Waals surface area contributed by atoms with E-state index in [4.69, 9.17) is 4.74 Å². The van der Waals surface area contributed by atoms with E-state index in [9.17, 15) is 9.90 Å². The van der Waals surface area contributed by atoms with Crippen LogP contribution in [0, 0.1) is 11.8 Å². The summed E-state index contributed by atoms with van der Waals surface area (Å²) >= 11 is 0. The molecule has 0 amide bonds. The lowest BCUT2D eigenvalue weighted by atomic mass is 9.71. The minimum Gasteiger partial charge on any atom is -0.497 e. The second kappa shape index (κ2) is 8.50. The lowest BCUT2D eigenvalue weighted by Crippen LogP contribution is -2.64. The number of anilines is 1. The Kier molecular flexibility index (Phi) is 5.57. The van der Waals surface area contributed by atoms with Crippen LogP contribution >= 0.6 is 0 Å². The van der Waals surface area contributed by atoms with E-state index in [0.717, 1.165) is 25.3 Å². The third-order valence-electron chi connectivity index (χ3n) is 7.52. The molecule has 3 aliphatic rings. The number of fused-ring (bicyclic) bond motifs is 4. The van der Waals surface area contributed by atoms with Crippen molar-refractivity contribution in [1.82, 2.24) is 9.88 Å². The average molecular weight is 422 g/mol. The third-order valence-corrected chi connectivity index (χ3v) is 7.52. The highest BCUT2D eigenvalue weighted by molar-refractivity contribution is 5.93. The van der Waals surface area contributed by atoms with Crippen LogP contribution in [-0.4, -0.2) is 59.8 Å². The number of hydrogen-bond acceptors (Lipinski definition) is 5. The van der Waals surface area contributed by atoms with Gasteiger partial charge in [0.15, 0.2) is 0 Å². The van der Waals surface area contributed by atoms with Gasteiger partial charge in [0.25, 0.3) is 0 Å². The van der Waals surface area contributed by atoms with Crippen LogP contribution in [0.3, 0.4) is 0 Å². The van der Waals surface area contributed by atoms with Crippen LogP contribution in [0.5, 0.6) is 5.75 Å². The second-order valence-electron chi connectivity index (χ2n) is 9.26. The zero-order chi connectivity index (χ0) is 21.4. The van der Waals surface area contributed by atoms with Gasteiger partial charge in [-0.15, -0.1) is 0 Å². The van der Waals surface area contributed by atoms with Gasteiger partial charge >= 0.3 is 5.97 Å². The van der Waals surface area contributed by atoms with Crippen LogP contribution in [0.25, 0.3) is 0 Å². The number of pyridine rings is 1. The molecule has 0 spiro atoms. The zero-order valence-electron chi connectivity index (χ0n) is 18.1. The van der Waals surface area contributed by atoms with Crippen molar-refractivity contribution in [2.75, 3.05) is 31.6 Å². The van der Waals surface area contributed by atoms with E-state index < -0.39 is 5.97 Å². The van der Waals surface area contributed by atoms with Gasteiger partial charge < -0.3 is 14.7 Å². The van der Waals surface area contributed by atoms with E-state index in [2.05, 4.69) is 33.0 Å². The minimum atomic E-state index is -0.897. The lowest BCUT2D eigenvalue weighted by molar-refractivity contribution is -0.0318. The first-order chi connectivity index (χ1) is 15.1. The standard InChI is InChI=1S/C25H31N3O3/c1-31-20-7-4-6-17(12-20)13-23-19-14-18(22-9-2-3-11-28(22)23)15-27(16-19)24-21(25(29)30)8-5-10-26-24/h4-8,10,12,18-19,22-23H,2-3,9,11,13-16H2,1H3,(H,29,30)/t18-,19+,22+,23+/m1/s1. The highest BCUT2D eigenvalue weighted by Crippen LogP contribution is 2.43. The summed E-state index contributed by atoms with van der Waals surface area (Å²) in [4.78, 5) is 21.4. The van der Waals surface area contributed by atoms with Crippen LogP contribution in [0.1, 0.15) is 41.6 Å². The normalized spacial score (nSPS) is 28.1. The Balaban J connectivity index is 1.46. The van der Waals surface area contributed by atoms with Gasteiger partial charge in [0.2, 0.25) is 0 Å². The molecule has 0 unspecified atom stereocenters. The van der Waals surface area contributed by atoms with E-state index in [1.54, 1.807) is 25.4 Å². The van der Waals surface area contributed by atoms with Crippen LogP contribution in [0.2, 0.25) is 0 Å². The molecule has 3 fully saturated rings. The predicted octanol–water partition coefficient (Wildman–Crippen LogP) is 3.71. The molecule has 1 N–H and O–H groups in total. The quantitative estimate of drug-likeness (QED) is 0.794. The van der Waals surface area contributed by atoms with Gasteiger partial charge in [-0.05, 0) is 73.9 Å². The Hall–Kier alpha value is -2.60. The highest BCUT2D eigenvalue weighted by atomic mass is 16.5. The lowest BCUT2D eigenvalue weighted by Gasteiger charge is -2.57. The van der Waals surface area contributed by atoms with E-state index in [0.29, 0.717) is 35.3 Å². The smallest absolute Gasteiger partial charge is 0.339 e. The van der Waals surface area contributed by atoms with Crippen molar-refractivity contribution in [3.8, 4) is 5.75 Å². The van der Waals surface area contributed by atoms with Gasteiger partial charge in [-0.2, -0.15) is 0 Å². The number of ether oxygens (including phenoxy) is 1. The van der Waals surface area contributed by atoms with Crippen LogP contribution < -0.4 is 9.64 Å². The molecular weight excluding hydrogens is 390 g/mol. The zero-order valence-corrected chi connectivity index (χ0v) is 18.1. The monoisotopic (exact) mass is 421 g/mol. The van der Waals surface area contributed by atoms with Crippen molar-refractivity contribution in [3.63, 3.8) is 0 Å². The summed E-state index contributed by atoms with van der Waals surface area (Å²) in [5, 5.41) is 9.70. The summed E-state index contributed by atoms with van der Waals surface area (Å²) in [6.07, 6.45) is 7.75. The molecule has 1 aromatic carbocycles. The Morgan fingerprint density at radius 1 is 1.19 bits per heavy atom. The molecule has 4 heterocycles. The number of aromatic nitrogens is 1. The topological polar surface area (TPSA) is 65.9 Å². The van der Waals surface area contributed by atoms with Gasteiger partial charge in [0.05, 0.1) is 7.11 Å². The molecule has 2 aromatic rings. The molecule has 2 bridgehead atoms. The first kappa shape index (κ1) is 20.3. The van der Waals surface area contributed by atoms with Gasteiger partial charge in [-0.25, -0.2) is 9.78 Å². The fourth-order valence-corrected chi connectivity index (χ4v) is 6.22. The molecule has 31 heavy (non-hydrogen) atoms. The first-order valence-electron chi connectivity index (χ1n) is 11.5. The number of aromatic carboxylic acids is 1. The van der Waals surface area contributed by atoms with E-state index in [1.165, 1.54) is 37.8 Å². The number of carbonyl (C=O) groups is 1. The number of nitrogens with zero attached hydrogens (tertiary/aromatic N) is 3. The van der Waals surface area contributed by atoms with Crippen LogP contribution in [-0.2, 0) is 6.42 Å². The summed E-state index contributed by atoms with van der Waals surface area (Å²) < 4.78 is 5.46. The fraction of sp³-hybridized carbons (Fsp3) is 0.520. The maximum absolute atomic E-state index is 11.8. The highest BCUT2D eigenvalue weighted by Gasteiger charge is 2.47. The number of carboxylic acids is 1. The molecule has 0 radical (unpaired) electrons. The summed E-state index contributed by atoms with van der Waals surface area (Å²) in [6, 6.07) is 12.9. The van der Waals surface area contributed by atoms with Crippen LogP contribution in [0.4, 0.5) is 5.82 Å². The first-order valence-corrected chi connectivity index (χ1v) is 11.5. The minimum absolute atomic E-state index is 0.312. The molecule has 0 saturated carbocycles. The molecule has 6 heteroatoms. The van der Waals surface area contributed by atoms with Gasteiger partial charge in [-0.3, -0.25) is 4.90 Å². The van der Waals surface area contributed by atoms with Gasteiger partial charge in [0.1, 0.15) is 17.1 Å². The molecule has 6 nitrogen and oxygen atoms in total. The maximum atomic E-state index is 11.8. The second-order valence-corrected chi connectivity index (χ2v) is 9.26. The molecule has 3 aliphatic heterocycles. The maximum Gasteiger partial charge on any atom is 0.339 e. The number of rotatable bonds is 5. The fourth-order valence-electron chi connectivity index (χ4n) is 6.22. The van der Waals surface area contributed by atoms with Gasteiger partial charge in [0, 0.05) is 31.4 Å². The molecule has 5 rings (SSSR count). The molecule has 4 atom stereocenters. The summed E-state index contributed by atoms with van der Waals surface area (Å²) in [5.41, 5.74) is 1.63. The summed E-state index contributed by atoms with van der Waals surface area (Å²) in [5.74, 6) is 1.72. The Bertz CT molecular complexity index is 949. The average Bonchev–Trinajstić information content (AvgIpc) is 2.82. The number of benzene rings is 1. The molecule has 0 aliphatic carbocycles. The number of carboxylic acid groups (broad SMARTS) is 1. The SMILES string of the molecule is COc1cccc(C[C@H]2[C@H]3C[C@H](CN(c4ncccc4C(=O)O)C3)[C@@H]3CCCCN32)c1. The van der Waals surface area contributed by atoms with Crippen molar-refractivity contribution in [3.05, 3.63) is 53.7 Å². The molecule has 3 saturated heterocycles. The van der Waals surface area contributed by atoms with Crippen molar-refractivity contribution in [2.24, 2.45) is 11.8 Å². The van der Waals surface area contributed by atoms with E-state index >= 15 is 0 Å². The number of piperidine rings is 3. The Labute approximate surface area is 183 Å². The Morgan fingerprint density at radius 2 is 2.06 bits per heavy atom. The van der Waals surface area contributed by atoms with Crippen molar-refractivity contribution in [2.45, 2.75) is 44.2 Å². The molecule has 164 valence electrons. The third kappa shape index (κ3) is 3.89. The summed E-state index contributed by atoms with van der Waals surface area (Å²) in [6.45, 7) is 2.95. The van der Waals surface area contributed by atoms with Crippen LogP contribution in [0.15, 0.2) is 42.6 Å². The largest absolute Gasteiger partial charge is 0.497 e. The van der Waals surface area contributed by atoms with E-state index in [1.807, 2.05) is 6.07 Å². The predicted molar refractivity (Wildman–Crippen MR) is 120 cm³/mol. The van der Waals surface area contributed by atoms with E-state index in [-0.39, 0.29) is 0 Å². The molecule has 1 aromatic heterocycles. The number of hydrogen-bond donors (Lipinski definition) is 1. The van der Waals surface area contributed by atoms with Crippen molar-refractivity contribution >= 4 is 11.8 Å².